The Labute approximate surface area is 193 Å². The molecule has 0 spiro atoms. The molecule has 0 saturated heterocycles. The lowest BCUT2D eigenvalue weighted by Gasteiger charge is -2.19. The van der Waals surface area contributed by atoms with Crippen molar-refractivity contribution < 1.29 is 23.5 Å². The molecule has 0 bridgehead atoms. The number of pyridine rings is 1. The van der Waals surface area contributed by atoms with E-state index in [2.05, 4.69) is 10.4 Å². The minimum atomic E-state index is -0.557. The van der Waals surface area contributed by atoms with Crippen molar-refractivity contribution in [2.24, 2.45) is 0 Å². The van der Waals surface area contributed by atoms with Crippen molar-refractivity contribution in [1.29, 1.82) is 0 Å². The Bertz CT molecular complexity index is 1350. The van der Waals surface area contributed by atoms with Gasteiger partial charge in [0.05, 0.1) is 24.6 Å². The molecule has 1 N–H and O–H groups in total. The molecule has 4 rings (SSSR count). The number of halogens is 1. The second-order valence-electron chi connectivity index (χ2n) is 7.05. The summed E-state index contributed by atoms with van der Waals surface area (Å²) in [6.07, 6.45) is 0. The maximum atomic E-state index is 14.0. The van der Waals surface area contributed by atoms with Crippen LogP contribution in [-0.2, 0) is 0 Å². The Hall–Kier alpha value is -3.98. The molecule has 7 nitrogen and oxygen atoms in total. The van der Waals surface area contributed by atoms with Crippen LogP contribution in [0.5, 0.6) is 11.5 Å². The van der Waals surface area contributed by atoms with Crippen LogP contribution in [0.15, 0.2) is 60.0 Å². The summed E-state index contributed by atoms with van der Waals surface area (Å²) < 4.78 is 25.0. The average Bonchev–Trinajstić information content (AvgIpc) is 3.28. The molecular formula is C24H20FN3O4S. The van der Waals surface area contributed by atoms with Gasteiger partial charge in [-0.2, -0.15) is 0 Å². The fraction of sp³-hybridized carbons (Fsp3) is 0.125. The number of hydrogen-bond donors (Lipinski definition) is 1. The maximum Gasteiger partial charge on any atom is 0.288 e. The second-order valence-corrected chi connectivity index (χ2v) is 7.93. The molecule has 0 radical (unpaired) electrons. The van der Waals surface area contributed by atoms with Gasteiger partial charge < -0.3 is 9.47 Å². The molecule has 0 saturated carbocycles. The third kappa shape index (κ3) is 4.35. The molecule has 0 atom stereocenters. The number of nitrogens with one attached hydrogen (secondary N) is 1. The van der Waals surface area contributed by atoms with Crippen LogP contribution >= 0.6 is 11.3 Å². The van der Waals surface area contributed by atoms with Gasteiger partial charge in [-0.05, 0) is 36.4 Å². The molecule has 33 heavy (non-hydrogen) atoms. The smallest absolute Gasteiger partial charge is 0.288 e. The highest BCUT2D eigenvalue weighted by atomic mass is 32.1. The van der Waals surface area contributed by atoms with Gasteiger partial charge in [-0.15, -0.1) is 11.3 Å². The minimum absolute atomic E-state index is 0.121. The zero-order chi connectivity index (χ0) is 23.5. The number of amides is 2. The number of carbonyl (C=O) groups excluding carboxylic acids is 2. The van der Waals surface area contributed by atoms with Crippen molar-refractivity contribution in [1.82, 2.24) is 15.4 Å². The fourth-order valence-electron chi connectivity index (χ4n) is 3.35. The van der Waals surface area contributed by atoms with Gasteiger partial charge in [0.15, 0.2) is 11.5 Å². The van der Waals surface area contributed by atoms with Crippen LogP contribution in [0.25, 0.3) is 21.3 Å². The van der Waals surface area contributed by atoms with Crippen molar-refractivity contribution in [3.8, 4) is 22.8 Å². The largest absolute Gasteiger partial charge is 0.493 e. The molecule has 2 aromatic carbocycles. The molecule has 2 aromatic heterocycles. The number of thiophene rings is 1. The average molecular weight is 466 g/mol. The Morgan fingerprint density at radius 1 is 1.03 bits per heavy atom. The van der Waals surface area contributed by atoms with E-state index in [1.807, 2.05) is 11.4 Å². The summed E-state index contributed by atoms with van der Waals surface area (Å²) in [5.41, 5.74) is 4.23. The lowest BCUT2D eigenvalue weighted by Crippen LogP contribution is -2.43. The van der Waals surface area contributed by atoms with Crippen molar-refractivity contribution in [3.63, 3.8) is 0 Å². The van der Waals surface area contributed by atoms with Crippen LogP contribution in [0.4, 0.5) is 4.39 Å². The first-order chi connectivity index (χ1) is 15.9. The first kappa shape index (κ1) is 22.2. The molecule has 0 unspecified atom stereocenters. The van der Waals surface area contributed by atoms with Gasteiger partial charge in [0, 0.05) is 28.9 Å². The zero-order valence-electron chi connectivity index (χ0n) is 18.1. The first-order valence-electron chi connectivity index (χ1n) is 9.87. The van der Waals surface area contributed by atoms with Gasteiger partial charge in [0.2, 0.25) is 0 Å². The summed E-state index contributed by atoms with van der Waals surface area (Å²) in [5, 5.41) is 3.61. The van der Waals surface area contributed by atoms with E-state index in [0.29, 0.717) is 27.5 Å². The molecular weight excluding hydrogens is 445 g/mol. The zero-order valence-corrected chi connectivity index (χ0v) is 18.9. The highest BCUT2D eigenvalue weighted by molar-refractivity contribution is 7.17. The quantitative estimate of drug-likeness (QED) is 0.438. The molecule has 0 aliphatic heterocycles. The van der Waals surface area contributed by atoms with Crippen molar-refractivity contribution in [2.45, 2.75) is 0 Å². The van der Waals surface area contributed by atoms with E-state index in [1.54, 1.807) is 36.4 Å². The predicted molar refractivity (Wildman–Crippen MR) is 124 cm³/mol. The van der Waals surface area contributed by atoms with Gasteiger partial charge in [-0.25, -0.2) is 9.37 Å². The highest BCUT2D eigenvalue weighted by Gasteiger charge is 2.19. The number of benzene rings is 2. The number of nitrogens with zero attached hydrogens (tertiary/aromatic N) is 2. The monoisotopic (exact) mass is 465 g/mol. The normalized spacial score (nSPS) is 10.7. The third-order valence-electron chi connectivity index (χ3n) is 5.01. The van der Waals surface area contributed by atoms with Gasteiger partial charge in [-0.3, -0.25) is 20.0 Å². The molecule has 0 fully saturated rings. The van der Waals surface area contributed by atoms with Crippen LogP contribution in [0.1, 0.15) is 20.8 Å². The maximum absolute atomic E-state index is 14.0. The van der Waals surface area contributed by atoms with E-state index >= 15 is 0 Å². The molecule has 2 heterocycles. The summed E-state index contributed by atoms with van der Waals surface area (Å²) in [4.78, 5) is 30.0. The van der Waals surface area contributed by atoms with Crippen LogP contribution in [0.3, 0.4) is 0 Å². The van der Waals surface area contributed by atoms with Crippen molar-refractivity contribution in [2.75, 3.05) is 21.3 Å². The Balaban J connectivity index is 1.54. The lowest BCUT2D eigenvalue weighted by atomic mass is 10.1. The van der Waals surface area contributed by atoms with Crippen molar-refractivity contribution >= 4 is 33.2 Å². The molecule has 168 valence electrons. The van der Waals surface area contributed by atoms with E-state index in [1.165, 1.54) is 44.7 Å². The van der Waals surface area contributed by atoms with Gasteiger partial charge in [0.1, 0.15) is 11.5 Å². The summed E-state index contributed by atoms with van der Waals surface area (Å²) >= 11 is 1.28. The van der Waals surface area contributed by atoms with Crippen LogP contribution in [0.2, 0.25) is 0 Å². The topological polar surface area (TPSA) is 80.8 Å². The number of carbonyl (C=O) groups is 2. The molecule has 9 heteroatoms. The molecule has 2 amide bonds. The number of aromatic nitrogens is 1. The standard InChI is InChI=1S/C24H20FN3O4S/c1-28(24(30)14-10-11-20(31-2)21(12-14)32-3)27-23(29)19-9-5-8-18(26-19)16-13-33-22-15(16)6-4-7-17(22)25/h4-13H,1-3H3,(H,27,29). The first-order valence-corrected chi connectivity index (χ1v) is 10.7. The Morgan fingerprint density at radius 3 is 2.55 bits per heavy atom. The summed E-state index contributed by atoms with van der Waals surface area (Å²) in [5.74, 6) is -0.411. The number of hydrogen-bond acceptors (Lipinski definition) is 6. The van der Waals surface area contributed by atoms with E-state index in [4.69, 9.17) is 9.47 Å². The number of fused-ring (bicyclic) bond motifs is 1. The van der Waals surface area contributed by atoms with E-state index in [9.17, 15) is 14.0 Å². The number of methoxy groups -OCH3 is 2. The van der Waals surface area contributed by atoms with E-state index in [-0.39, 0.29) is 11.5 Å². The van der Waals surface area contributed by atoms with Crippen LogP contribution in [0, 0.1) is 5.82 Å². The van der Waals surface area contributed by atoms with Crippen LogP contribution in [-0.4, -0.2) is 43.1 Å². The van der Waals surface area contributed by atoms with Crippen LogP contribution < -0.4 is 14.9 Å². The number of rotatable bonds is 5. The molecule has 0 aliphatic rings. The number of hydrazine groups is 1. The summed E-state index contributed by atoms with van der Waals surface area (Å²) in [7, 11) is 4.42. The second kappa shape index (κ2) is 9.25. The SMILES string of the molecule is COc1ccc(C(=O)N(C)NC(=O)c2cccc(-c3csc4c(F)cccc34)n2)cc1OC. The minimum Gasteiger partial charge on any atom is -0.493 e. The summed E-state index contributed by atoms with van der Waals surface area (Å²) in [6, 6.07) is 14.6. The lowest BCUT2D eigenvalue weighted by molar-refractivity contribution is 0.0634. The number of ether oxygens (including phenoxy) is 2. The Morgan fingerprint density at radius 2 is 1.79 bits per heavy atom. The van der Waals surface area contributed by atoms with Gasteiger partial charge >= 0.3 is 0 Å². The fourth-order valence-corrected chi connectivity index (χ4v) is 4.32. The Kier molecular flexibility index (Phi) is 6.23. The predicted octanol–water partition coefficient (Wildman–Crippen LogP) is 4.54. The molecule has 0 aliphatic carbocycles. The summed E-state index contributed by atoms with van der Waals surface area (Å²) in [6.45, 7) is 0. The van der Waals surface area contributed by atoms with Crippen molar-refractivity contribution in [3.05, 3.63) is 77.1 Å². The van der Waals surface area contributed by atoms with Gasteiger partial charge in [0.25, 0.3) is 11.8 Å². The highest BCUT2D eigenvalue weighted by Crippen LogP contribution is 2.34. The van der Waals surface area contributed by atoms with E-state index in [0.717, 1.165) is 16.0 Å². The van der Waals surface area contributed by atoms with Gasteiger partial charge in [-0.1, -0.05) is 18.2 Å². The molecule has 4 aromatic rings. The van der Waals surface area contributed by atoms with E-state index < -0.39 is 11.8 Å². The third-order valence-corrected chi connectivity index (χ3v) is 6.02.